The Kier molecular flexibility index (Phi) is 4.00. The van der Waals surface area contributed by atoms with E-state index in [1.165, 1.54) is 12.8 Å². The zero-order valence-corrected chi connectivity index (χ0v) is 11.1. The number of aromatic nitrogens is 1. The smallest absolute Gasteiger partial charge is 0.129 e. The Morgan fingerprint density at radius 2 is 2.18 bits per heavy atom. The van der Waals surface area contributed by atoms with Gasteiger partial charge in [-0.2, -0.15) is 0 Å². The van der Waals surface area contributed by atoms with E-state index in [1.807, 2.05) is 0 Å². The van der Waals surface area contributed by atoms with Crippen LogP contribution in [0.15, 0.2) is 18.2 Å². The van der Waals surface area contributed by atoms with E-state index in [0.29, 0.717) is 12.1 Å². The summed E-state index contributed by atoms with van der Waals surface area (Å²) in [7, 11) is 0. The van der Waals surface area contributed by atoms with Gasteiger partial charge in [0.15, 0.2) is 0 Å². The van der Waals surface area contributed by atoms with Gasteiger partial charge in [-0.1, -0.05) is 19.9 Å². The van der Waals surface area contributed by atoms with E-state index in [9.17, 15) is 0 Å². The van der Waals surface area contributed by atoms with E-state index in [1.54, 1.807) is 0 Å². The molecule has 1 aliphatic rings. The van der Waals surface area contributed by atoms with Gasteiger partial charge in [0.05, 0.1) is 0 Å². The Labute approximate surface area is 104 Å². The summed E-state index contributed by atoms with van der Waals surface area (Å²) in [6.45, 7) is 8.70. The Morgan fingerprint density at radius 1 is 1.35 bits per heavy atom. The van der Waals surface area contributed by atoms with E-state index >= 15 is 0 Å². The molecule has 1 saturated heterocycles. The maximum absolute atomic E-state index is 4.66. The van der Waals surface area contributed by atoms with Crippen molar-refractivity contribution >= 4 is 5.82 Å². The summed E-state index contributed by atoms with van der Waals surface area (Å²) in [5.74, 6) is 1.14. The van der Waals surface area contributed by atoms with Crippen molar-refractivity contribution in [1.29, 1.82) is 0 Å². The number of anilines is 1. The molecule has 1 aromatic rings. The van der Waals surface area contributed by atoms with Crippen LogP contribution in [-0.4, -0.2) is 30.2 Å². The molecular formula is C14H23N3. The van der Waals surface area contributed by atoms with Crippen LogP contribution in [0.3, 0.4) is 0 Å². The Balaban J connectivity index is 2.20. The molecule has 0 aliphatic carbocycles. The topological polar surface area (TPSA) is 28.2 Å². The molecule has 1 aromatic heterocycles. The highest BCUT2D eigenvalue weighted by Gasteiger charge is 2.26. The van der Waals surface area contributed by atoms with Gasteiger partial charge >= 0.3 is 0 Å². The molecule has 0 spiro atoms. The summed E-state index contributed by atoms with van der Waals surface area (Å²) in [5.41, 5.74) is 1.10. The summed E-state index contributed by atoms with van der Waals surface area (Å²) in [4.78, 5) is 7.13. The van der Waals surface area contributed by atoms with Crippen LogP contribution >= 0.6 is 0 Å². The lowest BCUT2D eigenvalue weighted by atomic mass is 10.1. The minimum Gasteiger partial charge on any atom is -0.351 e. The number of nitrogens with zero attached hydrogens (tertiary/aromatic N) is 2. The van der Waals surface area contributed by atoms with Crippen molar-refractivity contribution in [3.8, 4) is 0 Å². The van der Waals surface area contributed by atoms with Crippen LogP contribution in [0.25, 0.3) is 0 Å². The zero-order valence-electron chi connectivity index (χ0n) is 11.1. The van der Waals surface area contributed by atoms with Crippen molar-refractivity contribution in [2.24, 2.45) is 0 Å². The fourth-order valence-corrected chi connectivity index (χ4v) is 2.47. The van der Waals surface area contributed by atoms with Crippen LogP contribution in [0.4, 0.5) is 5.82 Å². The minimum atomic E-state index is 0.576. The number of aryl methyl sites for hydroxylation is 1. The zero-order chi connectivity index (χ0) is 12.3. The molecule has 94 valence electrons. The van der Waals surface area contributed by atoms with Crippen molar-refractivity contribution in [1.82, 2.24) is 10.3 Å². The van der Waals surface area contributed by atoms with Gasteiger partial charge < -0.3 is 10.2 Å². The maximum atomic E-state index is 4.66. The van der Waals surface area contributed by atoms with Crippen LogP contribution in [0.2, 0.25) is 0 Å². The molecular weight excluding hydrogens is 210 g/mol. The third-order valence-electron chi connectivity index (χ3n) is 3.63. The standard InChI is InChI=1S/C14H23N3/c1-4-12-10-17(13(5-2)9-15-12)14-8-6-7-11(3)16-14/h6-8,12-13,15H,4-5,9-10H2,1-3H3. The van der Waals surface area contributed by atoms with Crippen molar-refractivity contribution in [2.45, 2.75) is 45.7 Å². The molecule has 3 heteroatoms. The molecule has 0 radical (unpaired) electrons. The highest BCUT2D eigenvalue weighted by Crippen LogP contribution is 2.20. The summed E-state index contributed by atoms with van der Waals surface area (Å²) >= 11 is 0. The first-order valence-corrected chi connectivity index (χ1v) is 6.68. The van der Waals surface area contributed by atoms with E-state index in [2.05, 4.69) is 54.2 Å². The molecule has 0 aromatic carbocycles. The fraction of sp³-hybridized carbons (Fsp3) is 0.643. The first-order chi connectivity index (χ1) is 8.24. The normalized spacial score (nSPS) is 25.0. The molecule has 0 saturated carbocycles. The summed E-state index contributed by atoms with van der Waals surface area (Å²) < 4.78 is 0. The molecule has 1 fully saturated rings. The Bertz CT molecular complexity index is 364. The number of pyridine rings is 1. The lowest BCUT2D eigenvalue weighted by Gasteiger charge is -2.40. The maximum Gasteiger partial charge on any atom is 0.129 e. The molecule has 3 nitrogen and oxygen atoms in total. The average molecular weight is 233 g/mol. The number of hydrogen-bond acceptors (Lipinski definition) is 3. The van der Waals surface area contributed by atoms with Gasteiger partial charge in [-0.15, -0.1) is 0 Å². The van der Waals surface area contributed by atoms with Crippen molar-refractivity contribution in [3.05, 3.63) is 23.9 Å². The minimum absolute atomic E-state index is 0.576. The van der Waals surface area contributed by atoms with Gasteiger partial charge in [0, 0.05) is 30.9 Å². The van der Waals surface area contributed by atoms with Gasteiger partial charge in [0.1, 0.15) is 5.82 Å². The van der Waals surface area contributed by atoms with E-state index < -0.39 is 0 Å². The van der Waals surface area contributed by atoms with Crippen LogP contribution in [-0.2, 0) is 0 Å². The van der Waals surface area contributed by atoms with E-state index in [4.69, 9.17) is 0 Å². The monoisotopic (exact) mass is 233 g/mol. The lowest BCUT2D eigenvalue weighted by Crippen LogP contribution is -2.56. The number of hydrogen-bond donors (Lipinski definition) is 1. The summed E-state index contributed by atoms with van der Waals surface area (Å²) in [5, 5.41) is 3.61. The second-order valence-electron chi connectivity index (χ2n) is 4.87. The second kappa shape index (κ2) is 5.50. The largest absolute Gasteiger partial charge is 0.351 e. The highest BCUT2D eigenvalue weighted by atomic mass is 15.3. The van der Waals surface area contributed by atoms with Gasteiger partial charge in [-0.05, 0) is 31.9 Å². The molecule has 2 unspecified atom stereocenters. The molecule has 0 bridgehead atoms. The highest BCUT2D eigenvalue weighted by molar-refractivity contribution is 5.41. The molecule has 2 heterocycles. The van der Waals surface area contributed by atoms with Crippen LogP contribution in [0.1, 0.15) is 32.4 Å². The van der Waals surface area contributed by atoms with Crippen molar-refractivity contribution in [3.63, 3.8) is 0 Å². The van der Waals surface area contributed by atoms with Crippen LogP contribution in [0, 0.1) is 6.92 Å². The SMILES string of the molecule is CCC1CN(c2cccc(C)n2)C(CC)CN1. The van der Waals surface area contributed by atoms with Crippen LogP contribution in [0.5, 0.6) is 0 Å². The molecule has 1 aliphatic heterocycles. The van der Waals surface area contributed by atoms with Gasteiger partial charge in [0.2, 0.25) is 0 Å². The van der Waals surface area contributed by atoms with Crippen molar-refractivity contribution in [2.75, 3.05) is 18.0 Å². The number of piperazine rings is 1. The predicted molar refractivity (Wildman–Crippen MR) is 72.5 cm³/mol. The summed E-state index contributed by atoms with van der Waals surface area (Å²) in [6.07, 6.45) is 2.35. The van der Waals surface area contributed by atoms with Crippen LogP contribution < -0.4 is 10.2 Å². The second-order valence-corrected chi connectivity index (χ2v) is 4.87. The molecule has 0 amide bonds. The quantitative estimate of drug-likeness (QED) is 0.868. The predicted octanol–water partition coefficient (Wildman–Crippen LogP) is 2.36. The number of rotatable bonds is 3. The lowest BCUT2D eigenvalue weighted by molar-refractivity contribution is 0.376. The van der Waals surface area contributed by atoms with Gasteiger partial charge in [-0.3, -0.25) is 0 Å². The fourth-order valence-electron chi connectivity index (χ4n) is 2.47. The third kappa shape index (κ3) is 2.78. The Hall–Kier alpha value is -1.09. The third-order valence-corrected chi connectivity index (χ3v) is 3.63. The van der Waals surface area contributed by atoms with Crippen molar-refractivity contribution < 1.29 is 0 Å². The first kappa shape index (κ1) is 12.4. The first-order valence-electron chi connectivity index (χ1n) is 6.68. The van der Waals surface area contributed by atoms with Gasteiger partial charge in [-0.25, -0.2) is 4.98 Å². The molecule has 17 heavy (non-hydrogen) atoms. The van der Waals surface area contributed by atoms with Gasteiger partial charge in [0.25, 0.3) is 0 Å². The number of nitrogens with one attached hydrogen (secondary N) is 1. The Morgan fingerprint density at radius 3 is 2.82 bits per heavy atom. The summed E-state index contributed by atoms with van der Waals surface area (Å²) in [6, 6.07) is 7.47. The van der Waals surface area contributed by atoms with E-state index in [0.717, 1.165) is 24.6 Å². The molecule has 1 N–H and O–H groups in total. The van der Waals surface area contributed by atoms with E-state index in [-0.39, 0.29) is 0 Å². The average Bonchev–Trinajstić information content (AvgIpc) is 2.38. The molecule has 2 rings (SSSR count). The molecule has 2 atom stereocenters.